The zero-order valence-electron chi connectivity index (χ0n) is 12.1. The first-order valence-electron chi connectivity index (χ1n) is 7.66. The summed E-state index contributed by atoms with van der Waals surface area (Å²) in [5.41, 5.74) is 0.0736. The van der Waals surface area contributed by atoms with Gasteiger partial charge in [0.25, 0.3) is 0 Å². The predicted octanol–water partition coefficient (Wildman–Crippen LogP) is 2.01. The Morgan fingerprint density at radius 3 is 2.75 bits per heavy atom. The van der Waals surface area contributed by atoms with E-state index in [1.54, 1.807) is 10.9 Å². The highest BCUT2D eigenvalue weighted by atomic mass is 16.5. The van der Waals surface area contributed by atoms with E-state index in [2.05, 4.69) is 5.10 Å². The van der Waals surface area contributed by atoms with Gasteiger partial charge in [-0.25, -0.2) is 0 Å². The van der Waals surface area contributed by atoms with E-state index in [9.17, 15) is 4.79 Å². The fourth-order valence-corrected chi connectivity index (χ4v) is 3.43. The standard InChI is InChI=1S/C15H23N3O2/c1-2-13(18-9-4-8-16-18)14(19)17-10-6-15(7-11-17)5-3-12-20-15/h4,8-9,13H,2-3,5-7,10-12H2,1H3/t13-/m0/s1. The molecule has 1 aromatic heterocycles. The van der Waals surface area contributed by atoms with Gasteiger partial charge in [-0.1, -0.05) is 6.92 Å². The number of nitrogens with zero attached hydrogens (tertiary/aromatic N) is 3. The summed E-state index contributed by atoms with van der Waals surface area (Å²) >= 11 is 0. The van der Waals surface area contributed by atoms with Gasteiger partial charge < -0.3 is 9.64 Å². The lowest BCUT2D eigenvalue weighted by Crippen LogP contribution is -2.48. The van der Waals surface area contributed by atoms with Crippen molar-refractivity contribution in [3.05, 3.63) is 18.5 Å². The smallest absolute Gasteiger partial charge is 0.247 e. The Hall–Kier alpha value is -1.36. The van der Waals surface area contributed by atoms with Gasteiger partial charge in [0.1, 0.15) is 6.04 Å². The molecule has 1 aromatic rings. The number of hydrogen-bond donors (Lipinski definition) is 0. The van der Waals surface area contributed by atoms with Gasteiger partial charge in [-0.15, -0.1) is 0 Å². The van der Waals surface area contributed by atoms with Crippen LogP contribution in [0.4, 0.5) is 0 Å². The summed E-state index contributed by atoms with van der Waals surface area (Å²) in [6, 6.07) is 1.71. The van der Waals surface area contributed by atoms with Gasteiger partial charge in [-0.05, 0) is 38.2 Å². The molecule has 1 spiro atoms. The Balaban J connectivity index is 1.63. The molecule has 2 aliphatic heterocycles. The fraction of sp³-hybridized carbons (Fsp3) is 0.733. The van der Waals surface area contributed by atoms with E-state index in [1.165, 1.54) is 6.42 Å². The average Bonchev–Trinajstić information content (AvgIpc) is 3.13. The van der Waals surface area contributed by atoms with Crippen LogP contribution in [0.15, 0.2) is 18.5 Å². The molecule has 0 unspecified atom stereocenters. The topological polar surface area (TPSA) is 47.4 Å². The van der Waals surface area contributed by atoms with Crippen molar-refractivity contribution in [1.82, 2.24) is 14.7 Å². The molecule has 5 heteroatoms. The minimum Gasteiger partial charge on any atom is -0.375 e. The van der Waals surface area contributed by atoms with Gasteiger partial charge in [-0.2, -0.15) is 5.10 Å². The largest absolute Gasteiger partial charge is 0.375 e. The van der Waals surface area contributed by atoms with Crippen LogP contribution in [0.25, 0.3) is 0 Å². The van der Waals surface area contributed by atoms with Crippen molar-refractivity contribution in [2.45, 2.75) is 50.7 Å². The third kappa shape index (κ3) is 2.46. The molecule has 0 saturated carbocycles. The Morgan fingerprint density at radius 1 is 1.40 bits per heavy atom. The molecule has 110 valence electrons. The fourth-order valence-electron chi connectivity index (χ4n) is 3.43. The van der Waals surface area contributed by atoms with Crippen LogP contribution in [0.5, 0.6) is 0 Å². The molecule has 2 aliphatic rings. The number of piperidine rings is 1. The summed E-state index contributed by atoms with van der Waals surface area (Å²) in [6.07, 6.45) is 8.66. The van der Waals surface area contributed by atoms with E-state index in [4.69, 9.17) is 4.74 Å². The molecular weight excluding hydrogens is 254 g/mol. The average molecular weight is 277 g/mol. The zero-order valence-corrected chi connectivity index (χ0v) is 12.1. The molecule has 0 aromatic carbocycles. The second-order valence-electron chi connectivity index (χ2n) is 5.87. The maximum Gasteiger partial charge on any atom is 0.247 e. The second kappa shape index (κ2) is 5.56. The number of rotatable bonds is 3. The van der Waals surface area contributed by atoms with Crippen LogP contribution in [0.2, 0.25) is 0 Å². The van der Waals surface area contributed by atoms with Crippen molar-refractivity contribution in [2.75, 3.05) is 19.7 Å². The summed E-state index contributed by atoms with van der Waals surface area (Å²) in [7, 11) is 0. The van der Waals surface area contributed by atoms with E-state index in [1.807, 2.05) is 24.1 Å². The minimum absolute atomic E-state index is 0.0736. The van der Waals surface area contributed by atoms with Crippen molar-refractivity contribution in [3.63, 3.8) is 0 Å². The molecule has 0 aliphatic carbocycles. The van der Waals surface area contributed by atoms with Gasteiger partial charge in [0.15, 0.2) is 0 Å². The molecule has 3 heterocycles. The number of aromatic nitrogens is 2. The molecule has 1 amide bonds. The number of hydrogen-bond acceptors (Lipinski definition) is 3. The highest BCUT2D eigenvalue weighted by Gasteiger charge is 2.40. The molecule has 3 rings (SSSR count). The predicted molar refractivity (Wildman–Crippen MR) is 75.3 cm³/mol. The van der Waals surface area contributed by atoms with Crippen LogP contribution in [-0.2, 0) is 9.53 Å². The van der Waals surface area contributed by atoms with Gasteiger partial charge in [0, 0.05) is 32.1 Å². The normalized spacial score (nSPS) is 23.1. The number of carbonyl (C=O) groups is 1. The Bertz CT molecular complexity index is 442. The Labute approximate surface area is 119 Å². The van der Waals surface area contributed by atoms with Gasteiger partial charge in [0.05, 0.1) is 5.60 Å². The molecule has 0 N–H and O–H groups in total. The lowest BCUT2D eigenvalue weighted by Gasteiger charge is -2.39. The third-order valence-electron chi connectivity index (χ3n) is 4.69. The van der Waals surface area contributed by atoms with Gasteiger partial charge >= 0.3 is 0 Å². The number of amides is 1. The molecule has 2 saturated heterocycles. The van der Waals surface area contributed by atoms with Gasteiger partial charge in [0.2, 0.25) is 5.91 Å². The van der Waals surface area contributed by atoms with Crippen molar-refractivity contribution in [3.8, 4) is 0 Å². The Morgan fingerprint density at radius 2 is 2.20 bits per heavy atom. The van der Waals surface area contributed by atoms with Crippen molar-refractivity contribution >= 4 is 5.91 Å². The Kier molecular flexibility index (Phi) is 3.78. The summed E-state index contributed by atoms with van der Waals surface area (Å²) in [4.78, 5) is 14.6. The van der Waals surface area contributed by atoms with Crippen molar-refractivity contribution < 1.29 is 9.53 Å². The number of ether oxygens (including phenoxy) is 1. The molecule has 0 radical (unpaired) electrons. The molecule has 0 bridgehead atoms. The molecule has 5 nitrogen and oxygen atoms in total. The third-order valence-corrected chi connectivity index (χ3v) is 4.69. The summed E-state index contributed by atoms with van der Waals surface area (Å²) < 4.78 is 7.69. The molecule has 1 atom stereocenters. The van der Waals surface area contributed by atoms with E-state index >= 15 is 0 Å². The molecule has 20 heavy (non-hydrogen) atoms. The lowest BCUT2D eigenvalue weighted by atomic mass is 9.88. The summed E-state index contributed by atoms with van der Waals surface area (Å²) in [5.74, 6) is 0.198. The van der Waals surface area contributed by atoms with Crippen LogP contribution >= 0.6 is 0 Å². The molecular formula is C15H23N3O2. The van der Waals surface area contributed by atoms with E-state index in [-0.39, 0.29) is 17.6 Å². The molecule has 2 fully saturated rings. The van der Waals surface area contributed by atoms with E-state index < -0.39 is 0 Å². The highest BCUT2D eigenvalue weighted by molar-refractivity contribution is 5.80. The first-order valence-corrected chi connectivity index (χ1v) is 7.66. The van der Waals surface area contributed by atoms with E-state index in [0.29, 0.717) is 0 Å². The van der Waals surface area contributed by atoms with Crippen LogP contribution < -0.4 is 0 Å². The first kappa shape index (κ1) is 13.6. The number of carbonyl (C=O) groups excluding carboxylic acids is 1. The van der Waals surface area contributed by atoms with Crippen molar-refractivity contribution in [1.29, 1.82) is 0 Å². The first-order chi connectivity index (χ1) is 9.74. The van der Waals surface area contributed by atoms with Crippen LogP contribution in [0.1, 0.15) is 45.1 Å². The zero-order chi connectivity index (χ0) is 14.0. The highest BCUT2D eigenvalue weighted by Crippen LogP contribution is 2.36. The van der Waals surface area contributed by atoms with Gasteiger partial charge in [-0.3, -0.25) is 9.48 Å². The number of likely N-dealkylation sites (tertiary alicyclic amines) is 1. The van der Waals surface area contributed by atoms with Crippen LogP contribution in [0, 0.1) is 0 Å². The lowest BCUT2D eigenvalue weighted by molar-refractivity contribution is -0.140. The minimum atomic E-state index is -0.163. The maximum absolute atomic E-state index is 12.7. The summed E-state index contributed by atoms with van der Waals surface area (Å²) in [5, 5.41) is 4.22. The maximum atomic E-state index is 12.7. The van der Waals surface area contributed by atoms with E-state index in [0.717, 1.165) is 45.4 Å². The summed E-state index contributed by atoms with van der Waals surface area (Å²) in [6.45, 7) is 4.56. The SMILES string of the molecule is CC[C@@H](C(=O)N1CCC2(CCCO2)CC1)n1cccn1. The quantitative estimate of drug-likeness (QED) is 0.849. The van der Waals surface area contributed by atoms with Crippen molar-refractivity contribution in [2.24, 2.45) is 0 Å². The monoisotopic (exact) mass is 277 g/mol. The van der Waals surface area contributed by atoms with Crippen LogP contribution in [0.3, 0.4) is 0 Å². The second-order valence-corrected chi connectivity index (χ2v) is 5.87. The van der Waals surface area contributed by atoms with Crippen LogP contribution in [-0.4, -0.2) is 45.9 Å².